The number of amides is 3. The van der Waals surface area contributed by atoms with Crippen LogP contribution in [0.25, 0.3) is 0 Å². The van der Waals surface area contributed by atoms with E-state index in [4.69, 9.17) is 9.84 Å². The van der Waals surface area contributed by atoms with Gasteiger partial charge in [0.25, 0.3) is 0 Å². The summed E-state index contributed by atoms with van der Waals surface area (Å²) in [5, 5.41) is 14.8. The van der Waals surface area contributed by atoms with E-state index in [2.05, 4.69) is 15.5 Å². The Labute approximate surface area is 188 Å². The predicted octanol–water partition coefficient (Wildman–Crippen LogP) is 4.84. The Hall–Kier alpha value is -3.42. The van der Waals surface area contributed by atoms with Gasteiger partial charge in [-0.25, -0.2) is 9.59 Å². The van der Waals surface area contributed by atoms with Crippen molar-refractivity contribution in [2.45, 2.75) is 44.2 Å². The van der Waals surface area contributed by atoms with E-state index in [9.17, 15) is 9.59 Å². The molecule has 8 nitrogen and oxygen atoms in total. The van der Waals surface area contributed by atoms with Crippen LogP contribution >= 0.6 is 0 Å². The number of nitrogens with zero attached hydrogens (tertiary/aromatic N) is 2. The zero-order chi connectivity index (χ0) is 22.5. The molecule has 0 bridgehead atoms. The molecule has 2 aliphatic rings. The van der Waals surface area contributed by atoms with E-state index in [0.29, 0.717) is 24.0 Å². The van der Waals surface area contributed by atoms with Gasteiger partial charge >= 0.3 is 12.1 Å². The van der Waals surface area contributed by atoms with Gasteiger partial charge in [0.05, 0.1) is 12.1 Å². The van der Waals surface area contributed by atoms with Crippen LogP contribution in [0.15, 0.2) is 48.5 Å². The van der Waals surface area contributed by atoms with Crippen LogP contribution in [0.5, 0.6) is 5.75 Å². The van der Waals surface area contributed by atoms with Crippen molar-refractivity contribution in [1.29, 1.82) is 0 Å². The number of nitrogens with one attached hydrogen (secondary N) is 2. The van der Waals surface area contributed by atoms with Crippen LogP contribution in [-0.4, -0.2) is 54.4 Å². The van der Waals surface area contributed by atoms with Crippen molar-refractivity contribution in [2.24, 2.45) is 0 Å². The molecular formula is C24H30N4O4. The molecule has 4 rings (SSSR count). The molecule has 170 valence electrons. The van der Waals surface area contributed by atoms with Gasteiger partial charge in [-0.15, -0.1) is 0 Å². The second-order valence-electron chi connectivity index (χ2n) is 8.46. The number of hydrogen-bond donors (Lipinski definition) is 3. The molecule has 1 saturated heterocycles. The largest absolute Gasteiger partial charge is 0.490 e. The Morgan fingerprint density at radius 1 is 0.969 bits per heavy atom. The van der Waals surface area contributed by atoms with E-state index in [1.807, 2.05) is 48.5 Å². The van der Waals surface area contributed by atoms with E-state index in [1.165, 1.54) is 17.7 Å². The highest BCUT2D eigenvalue weighted by atomic mass is 16.5. The van der Waals surface area contributed by atoms with Gasteiger partial charge in [-0.3, -0.25) is 0 Å². The number of urea groups is 1. The first-order valence-electron chi connectivity index (χ1n) is 11.1. The molecule has 1 aliphatic heterocycles. The Balaban J connectivity index is 1.26. The molecule has 32 heavy (non-hydrogen) atoms. The number of hydrogen-bond acceptors (Lipinski definition) is 4. The summed E-state index contributed by atoms with van der Waals surface area (Å²) in [5.41, 5.74) is 2.39. The molecule has 1 atom stereocenters. The van der Waals surface area contributed by atoms with E-state index >= 15 is 0 Å². The molecular weight excluding hydrogens is 408 g/mol. The van der Waals surface area contributed by atoms with Crippen molar-refractivity contribution in [2.75, 3.05) is 35.7 Å². The maximum absolute atomic E-state index is 12.3. The maximum atomic E-state index is 12.3. The van der Waals surface area contributed by atoms with Crippen LogP contribution in [0, 0.1) is 0 Å². The molecule has 0 spiro atoms. The molecule has 1 aliphatic carbocycles. The zero-order valence-electron chi connectivity index (χ0n) is 18.3. The van der Waals surface area contributed by atoms with Crippen LogP contribution in [0.2, 0.25) is 0 Å². The van der Waals surface area contributed by atoms with E-state index in [0.717, 1.165) is 37.2 Å². The zero-order valence-corrected chi connectivity index (χ0v) is 18.3. The number of likely N-dealkylation sites (N-methyl/N-ethyl adjacent to an activating group) is 1. The predicted molar refractivity (Wildman–Crippen MR) is 125 cm³/mol. The summed E-state index contributed by atoms with van der Waals surface area (Å²) in [6, 6.07) is 14.7. The minimum atomic E-state index is -0.904. The summed E-state index contributed by atoms with van der Waals surface area (Å²) >= 11 is 0. The van der Waals surface area contributed by atoms with Crippen LogP contribution in [-0.2, 0) is 0 Å². The Bertz CT molecular complexity index is 926. The van der Waals surface area contributed by atoms with Crippen molar-refractivity contribution in [1.82, 2.24) is 4.90 Å². The summed E-state index contributed by atoms with van der Waals surface area (Å²) in [6.07, 6.45) is 4.88. The first kappa shape index (κ1) is 21.8. The second kappa shape index (κ2) is 9.80. The maximum Gasteiger partial charge on any atom is 0.407 e. The third-order valence-corrected chi connectivity index (χ3v) is 6.22. The lowest BCUT2D eigenvalue weighted by Gasteiger charge is -2.23. The van der Waals surface area contributed by atoms with Crippen LogP contribution < -0.4 is 20.3 Å². The third kappa shape index (κ3) is 5.43. The fraction of sp³-hybridized carbons (Fsp3) is 0.417. The van der Waals surface area contributed by atoms with Crippen molar-refractivity contribution in [3.05, 3.63) is 48.5 Å². The van der Waals surface area contributed by atoms with Crippen molar-refractivity contribution < 1.29 is 19.4 Å². The molecule has 2 aromatic carbocycles. The highest BCUT2D eigenvalue weighted by molar-refractivity contribution is 5.99. The minimum Gasteiger partial charge on any atom is -0.490 e. The highest BCUT2D eigenvalue weighted by Gasteiger charge is 2.28. The van der Waals surface area contributed by atoms with Gasteiger partial charge < -0.3 is 30.3 Å². The molecule has 2 aromatic rings. The van der Waals surface area contributed by atoms with Crippen LogP contribution in [0.3, 0.4) is 0 Å². The number of anilines is 3. The summed E-state index contributed by atoms with van der Waals surface area (Å²) < 4.78 is 5.95. The van der Waals surface area contributed by atoms with E-state index < -0.39 is 6.09 Å². The molecule has 3 amide bonds. The SMILES string of the molecule is CN(C(=O)O)C1CCN(c2ccc(NC(=O)Nc3ccc(OC4CCCC4)cc3)cc2)C1. The Morgan fingerprint density at radius 2 is 1.56 bits per heavy atom. The minimum absolute atomic E-state index is 0.00830. The van der Waals surface area contributed by atoms with Gasteiger partial charge in [-0.1, -0.05) is 0 Å². The highest BCUT2D eigenvalue weighted by Crippen LogP contribution is 2.26. The van der Waals surface area contributed by atoms with E-state index in [1.54, 1.807) is 7.05 Å². The van der Waals surface area contributed by atoms with Gasteiger partial charge in [0, 0.05) is 37.2 Å². The molecule has 1 unspecified atom stereocenters. The number of ether oxygens (including phenoxy) is 1. The number of benzene rings is 2. The van der Waals surface area contributed by atoms with Crippen molar-refractivity contribution in [3.63, 3.8) is 0 Å². The molecule has 1 saturated carbocycles. The average molecular weight is 439 g/mol. The standard InChI is InChI=1S/C24H30N4O4/c1-27(24(30)31)20-14-15-28(16-20)19-10-6-17(7-11-19)25-23(29)26-18-8-12-22(13-9-18)32-21-4-2-3-5-21/h6-13,20-21H,2-5,14-16H2,1H3,(H,30,31)(H2,25,26,29). The Kier molecular flexibility index (Phi) is 6.68. The van der Waals surface area contributed by atoms with Crippen molar-refractivity contribution >= 4 is 29.2 Å². The summed E-state index contributed by atoms with van der Waals surface area (Å²) in [4.78, 5) is 27.0. The topological polar surface area (TPSA) is 94.1 Å². The van der Waals surface area contributed by atoms with Gasteiger partial charge in [0.15, 0.2) is 0 Å². The molecule has 3 N–H and O–H groups in total. The molecule has 8 heteroatoms. The normalized spacial score (nSPS) is 18.4. The lowest BCUT2D eigenvalue weighted by molar-refractivity contribution is 0.142. The Morgan fingerprint density at radius 3 is 2.16 bits per heavy atom. The van der Waals surface area contributed by atoms with Gasteiger partial charge in [0.2, 0.25) is 0 Å². The lowest BCUT2D eigenvalue weighted by Crippen LogP contribution is -2.38. The fourth-order valence-corrected chi connectivity index (χ4v) is 4.31. The van der Waals surface area contributed by atoms with Crippen LogP contribution in [0.4, 0.5) is 26.7 Å². The molecule has 1 heterocycles. The second-order valence-corrected chi connectivity index (χ2v) is 8.46. The van der Waals surface area contributed by atoms with E-state index in [-0.39, 0.29) is 12.1 Å². The number of rotatable bonds is 6. The first-order chi connectivity index (χ1) is 15.5. The van der Waals surface area contributed by atoms with Crippen LogP contribution in [0.1, 0.15) is 32.1 Å². The first-order valence-corrected chi connectivity index (χ1v) is 11.1. The number of carbonyl (C=O) groups excluding carboxylic acids is 1. The number of carboxylic acid groups (broad SMARTS) is 1. The summed E-state index contributed by atoms with van der Waals surface area (Å²) in [7, 11) is 1.61. The smallest absolute Gasteiger partial charge is 0.407 e. The summed E-state index contributed by atoms with van der Waals surface area (Å²) in [5.74, 6) is 0.831. The average Bonchev–Trinajstić information content (AvgIpc) is 3.47. The number of carbonyl (C=O) groups is 2. The molecule has 2 fully saturated rings. The molecule has 0 radical (unpaired) electrons. The quantitative estimate of drug-likeness (QED) is 0.600. The monoisotopic (exact) mass is 438 g/mol. The van der Waals surface area contributed by atoms with Gasteiger partial charge in [-0.2, -0.15) is 0 Å². The van der Waals surface area contributed by atoms with Gasteiger partial charge in [-0.05, 0) is 80.6 Å². The van der Waals surface area contributed by atoms with Gasteiger partial charge in [0.1, 0.15) is 5.75 Å². The van der Waals surface area contributed by atoms with Crippen molar-refractivity contribution in [3.8, 4) is 5.75 Å². The summed E-state index contributed by atoms with van der Waals surface area (Å²) in [6.45, 7) is 1.46. The fourth-order valence-electron chi connectivity index (χ4n) is 4.31. The lowest BCUT2D eigenvalue weighted by atomic mass is 10.2. The molecule has 0 aromatic heterocycles. The third-order valence-electron chi connectivity index (χ3n) is 6.22.